The number of nitrogens with one attached hydrogen (secondary N) is 1. The van der Waals surface area contributed by atoms with Crippen LogP contribution in [0.15, 0.2) is 48.5 Å². The topological polar surface area (TPSA) is 72.2 Å². The molecule has 2 amide bonds. The van der Waals surface area contributed by atoms with Gasteiger partial charge in [-0.2, -0.15) is 0 Å². The molecule has 0 aromatic heterocycles. The van der Waals surface area contributed by atoms with Gasteiger partial charge in [-0.15, -0.1) is 0 Å². The molecule has 4 nitrogen and oxygen atoms in total. The molecule has 0 aliphatic carbocycles. The third-order valence-electron chi connectivity index (χ3n) is 2.83. The highest BCUT2D eigenvalue weighted by Crippen LogP contribution is 2.16. The van der Waals surface area contributed by atoms with Crippen molar-refractivity contribution >= 4 is 17.5 Å². The average molecular weight is 254 g/mol. The van der Waals surface area contributed by atoms with Gasteiger partial charge in [-0.1, -0.05) is 30.3 Å². The molecule has 4 heteroatoms. The van der Waals surface area contributed by atoms with Crippen molar-refractivity contribution in [1.29, 1.82) is 0 Å². The number of hydrogen-bond donors (Lipinski definition) is 2. The number of amides is 2. The Morgan fingerprint density at radius 2 is 1.53 bits per heavy atom. The van der Waals surface area contributed by atoms with Crippen LogP contribution in [0.5, 0.6) is 0 Å². The summed E-state index contributed by atoms with van der Waals surface area (Å²) in [5.74, 6) is -0.826. The fourth-order valence-electron chi connectivity index (χ4n) is 1.82. The molecule has 0 saturated heterocycles. The molecule has 19 heavy (non-hydrogen) atoms. The monoisotopic (exact) mass is 254 g/mol. The number of aryl methyl sites for hydroxylation is 1. The number of carbonyl (C=O) groups excluding carboxylic acids is 2. The normalized spacial score (nSPS) is 9.95. The van der Waals surface area contributed by atoms with Crippen molar-refractivity contribution in [2.24, 2.45) is 5.73 Å². The number of anilines is 1. The number of rotatable bonds is 3. The zero-order valence-corrected chi connectivity index (χ0v) is 10.5. The average Bonchev–Trinajstić information content (AvgIpc) is 2.39. The van der Waals surface area contributed by atoms with Crippen LogP contribution in [0, 0.1) is 6.92 Å². The van der Waals surface area contributed by atoms with Crippen LogP contribution in [-0.4, -0.2) is 11.8 Å². The van der Waals surface area contributed by atoms with E-state index in [4.69, 9.17) is 5.73 Å². The molecule has 0 radical (unpaired) electrons. The van der Waals surface area contributed by atoms with E-state index in [0.717, 1.165) is 5.56 Å². The number of nitrogens with two attached hydrogens (primary N) is 1. The number of primary amides is 1. The maximum Gasteiger partial charge on any atom is 0.255 e. The number of carbonyl (C=O) groups is 2. The lowest BCUT2D eigenvalue weighted by Gasteiger charge is -2.10. The standard InChI is InChI=1S/C15H14N2O2/c1-10-6-2-3-7-11(10)15(19)17-13-9-5-4-8-12(13)14(16)18/h2-9H,1H3,(H2,16,18)(H,17,19). The van der Waals surface area contributed by atoms with E-state index in [2.05, 4.69) is 5.32 Å². The second kappa shape index (κ2) is 5.35. The Morgan fingerprint density at radius 1 is 0.947 bits per heavy atom. The second-order valence-electron chi connectivity index (χ2n) is 4.18. The smallest absolute Gasteiger partial charge is 0.255 e. The van der Waals surface area contributed by atoms with E-state index in [-0.39, 0.29) is 5.91 Å². The van der Waals surface area contributed by atoms with Crippen LogP contribution in [0.3, 0.4) is 0 Å². The Hall–Kier alpha value is -2.62. The molecule has 0 bridgehead atoms. The molecule has 2 rings (SSSR count). The van der Waals surface area contributed by atoms with Crippen molar-refractivity contribution in [3.8, 4) is 0 Å². The summed E-state index contributed by atoms with van der Waals surface area (Å²) in [5, 5.41) is 2.71. The lowest BCUT2D eigenvalue weighted by Crippen LogP contribution is -2.18. The van der Waals surface area contributed by atoms with Crippen LogP contribution in [0.2, 0.25) is 0 Å². The molecule has 0 saturated carbocycles. The van der Waals surface area contributed by atoms with Crippen molar-refractivity contribution in [1.82, 2.24) is 0 Å². The van der Waals surface area contributed by atoms with Crippen LogP contribution in [0.1, 0.15) is 26.3 Å². The summed E-state index contributed by atoms with van der Waals surface area (Å²) in [6, 6.07) is 13.9. The summed E-state index contributed by atoms with van der Waals surface area (Å²) in [6.07, 6.45) is 0. The summed E-state index contributed by atoms with van der Waals surface area (Å²) in [7, 11) is 0. The largest absolute Gasteiger partial charge is 0.366 e. The first-order valence-corrected chi connectivity index (χ1v) is 5.85. The molecular formula is C15H14N2O2. The van der Waals surface area contributed by atoms with Crippen molar-refractivity contribution in [3.63, 3.8) is 0 Å². The Balaban J connectivity index is 2.30. The fourth-order valence-corrected chi connectivity index (χ4v) is 1.82. The minimum Gasteiger partial charge on any atom is -0.366 e. The van der Waals surface area contributed by atoms with Gasteiger partial charge in [0.2, 0.25) is 0 Å². The van der Waals surface area contributed by atoms with E-state index in [1.807, 2.05) is 19.1 Å². The first-order chi connectivity index (χ1) is 9.09. The van der Waals surface area contributed by atoms with E-state index in [1.54, 1.807) is 36.4 Å². The summed E-state index contributed by atoms with van der Waals surface area (Å²) in [5.41, 5.74) is 7.43. The lowest BCUT2D eigenvalue weighted by molar-refractivity contribution is 0.100. The second-order valence-corrected chi connectivity index (χ2v) is 4.18. The number of benzene rings is 2. The van der Waals surface area contributed by atoms with Gasteiger partial charge < -0.3 is 11.1 Å². The summed E-state index contributed by atoms with van der Waals surface area (Å²) in [4.78, 5) is 23.4. The molecule has 0 spiro atoms. The van der Waals surface area contributed by atoms with E-state index < -0.39 is 5.91 Å². The first-order valence-electron chi connectivity index (χ1n) is 5.85. The van der Waals surface area contributed by atoms with Gasteiger partial charge in [-0.05, 0) is 30.7 Å². The highest BCUT2D eigenvalue weighted by Gasteiger charge is 2.12. The SMILES string of the molecule is Cc1ccccc1C(=O)Nc1ccccc1C(N)=O. The summed E-state index contributed by atoms with van der Waals surface area (Å²) < 4.78 is 0. The molecule has 0 aliphatic rings. The molecule has 0 unspecified atom stereocenters. The molecule has 2 aromatic rings. The maximum absolute atomic E-state index is 12.1. The van der Waals surface area contributed by atoms with Crippen molar-refractivity contribution in [2.45, 2.75) is 6.92 Å². The van der Waals surface area contributed by atoms with Gasteiger partial charge in [0.25, 0.3) is 11.8 Å². The van der Waals surface area contributed by atoms with Gasteiger partial charge in [0.05, 0.1) is 11.3 Å². The summed E-state index contributed by atoms with van der Waals surface area (Å²) >= 11 is 0. The van der Waals surface area contributed by atoms with Crippen LogP contribution in [-0.2, 0) is 0 Å². The highest BCUT2D eigenvalue weighted by atomic mass is 16.2. The van der Waals surface area contributed by atoms with Gasteiger partial charge in [0.15, 0.2) is 0 Å². The first kappa shape index (κ1) is 12.8. The molecule has 0 fully saturated rings. The Bertz CT molecular complexity index is 636. The summed E-state index contributed by atoms with van der Waals surface area (Å²) in [6.45, 7) is 1.86. The molecule has 2 aromatic carbocycles. The van der Waals surface area contributed by atoms with Crippen molar-refractivity contribution in [2.75, 3.05) is 5.32 Å². The van der Waals surface area contributed by atoms with Gasteiger partial charge in [0, 0.05) is 5.56 Å². The van der Waals surface area contributed by atoms with E-state index in [1.165, 1.54) is 0 Å². The molecule has 0 atom stereocenters. The Labute approximate surface area is 111 Å². The van der Waals surface area contributed by atoms with E-state index >= 15 is 0 Å². The minimum absolute atomic E-state index is 0.258. The molecule has 0 heterocycles. The predicted molar refractivity (Wildman–Crippen MR) is 74.1 cm³/mol. The van der Waals surface area contributed by atoms with Crippen molar-refractivity contribution < 1.29 is 9.59 Å². The zero-order valence-electron chi connectivity index (χ0n) is 10.5. The predicted octanol–water partition coefficient (Wildman–Crippen LogP) is 2.35. The maximum atomic E-state index is 12.1. The Morgan fingerprint density at radius 3 is 2.16 bits per heavy atom. The highest BCUT2D eigenvalue weighted by molar-refractivity contribution is 6.09. The zero-order chi connectivity index (χ0) is 13.8. The van der Waals surface area contributed by atoms with Crippen LogP contribution in [0.25, 0.3) is 0 Å². The Kier molecular flexibility index (Phi) is 3.61. The quantitative estimate of drug-likeness (QED) is 0.882. The molecule has 0 aliphatic heterocycles. The van der Waals surface area contributed by atoms with Crippen LogP contribution in [0.4, 0.5) is 5.69 Å². The molecule has 96 valence electrons. The molecule has 3 N–H and O–H groups in total. The van der Waals surface area contributed by atoms with E-state index in [9.17, 15) is 9.59 Å². The number of hydrogen-bond acceptors (Lipinski definition) is 2. The van der Waals surface area contributed by atoms with Crippen LogP contribution >= 0.6 is 0 Å². The van der Waals surface area contributed by atoms with Gasteiger partial charge in [-0.25, -0.2) is 0 Å². The van der Waals surface area contributed by atoms with Gasteiger partial charge in [-0.3, -0.25) is 9.59 Å². The van der Waals surface area contributed by atoms with Crippen LogP contribution < -0.4 is 11.1 Å². The van der Waals surface area contributed by atoms with Gasteiger partial charge in [0.1, 0.15) is 0 Å². The third kappa shape index (κ3) is 2.80. The van der Waals surface area contributed by atoms with Gasteiger partial charge >= 0.3 is 0 Å². The van der Waals surface area contributed by atoms with E-state index in [0.29, 0.717) is 16.8 Å². The van der Waals surface area contributed by atoms with Crippen molar-refractivity contribution in [3.05, 3.63) is 65.2 Å². The molecular weight excluding hydrogens is 240 g/mol. The minimum atomic E-state index is -0.569. The third-order valence-corrected chi connectivity index (χ3v) is 2.83. The number of para-hydroxylation sites is 1. The fraction of sp³-hybridized carbons (Fsp3) is 0.0667. The lowest BCUT2D eigenvalue weighted by atomic mass is 10.1.